The summed E-state index contributed by atoms with van der Waals surface area (Å²) in [5.41, 5.74) is 6.65. The Morgan fingerprint density at radius 3 is 2.64 bits per heavy atom. The average molecular weight is 491 g/mol. The molecule has 0 fully saturated rings. The summed E-state index contributed by atoms with van der Waals surface area (Å²) in [4.78, 5) is 33.2. The zero-order chi connectivity index (χ0) is 23.7. The number of unbranched alkanes of at least 4 members (excludes halogenated alkanes) is 3. The SMILES string of the molecule is C#CCCCCC(=O)NCCc1nc(-c2nc(C(=O)NCCCNCCCCN)cs2)cs1. The molecule has 0 spiro atoms. The Labute approximate surface area is 204 Å². The first-order chi connectivity index (χ1) is 16.1. The monoisotopic (exact) mass is 490 g/mol. The van der Waals surface area contributed by atoms with Crippen molar-refractivity contribution in [2.45, 2.75) is 51.4 Å². The molecule has 0 saturated carbocycles. The molecule has 0 saturated heterocycles. The van der Waals surface area contributed by atoms with Gasteiger partial charge in [-0.3, -0.25) is 9.59 Å². The summed E-state index contributed by atoms with van der Waals surface area (Å²) in [5.74, 6) is 2.46. The van der Waals surface area contributed by atoms with Crippen LogP contribution in [0.5, 0.6) is 0 Å². The molecule has 8 nitrogen and oxygen atoms in total. The van der Waals surface area contributed by atoms with Gasteiger partial charge in [-0.1, -0.05) is 0 Å². The number of carbonyl (C=O) groups excluding carboxylic acids is 2. The molecule has 2 heterocycles. The van der Waals surface area contributed by atoms with Crippen LogP contribution in [0.15, 0.2) is 10.8 Å². The van der Waals surface area contributed by atoms with Crippen molar-refractivity contribution in [1.29, 1.82) is 0 Å². The number of terminal acetylenes is 1. The number of hydrogen-bond donors (Lipinski definition) is 4. The number of rotatable bonds is 17. The standard InChI is InChI=1S/C23H34N6O2S2/c1-2-3-4-5-9-20(30)26-15-10-21-28-19(17-32-21)23-29-18(16-33-23)22(31)27-14-8-13-25-12-7-6-11-24/h1,16-17,25H,3-15,24H2,(H,26,30)(H,27,31). The maximum Gasteiger partial charge on any atom is 0.270 e. The number of nitrogens with zero attached hydrogens (tertiary/aromatic N) is 2. The smallest absolute Gasteiger partial charge is 0.270 e. The van der Waals surface area contributed by atoms with E-state index in [0.717, 1.165) is 67.4 Å². The van der Waals surface area contributed by atoms with Crippen LogP contribution in [0.2, 0.25) is 0 Å². The summed E-state index contributed by atoms with van der Waals surface area (Å²) in [6, 6.07) is 0. The summed E-state index contributed by atoms with van der Waals surface area (Å²) >= 11 is 2.94. The third kappa shape index (κ3) is 10.9. The number of nitrogens with one attached hydrogen (secondary N) is 3. The first kappa shape index (κ1) is 26.9. The van der Waals surface area contributed by atoms with Crippen LogP contribution in [0.3, 0.4) is 0 Å². The highest BCUT2D eigenvalue weighted by Crippen LogP contribution is 2.25. The molecule has 2 rings (SSSR count). The summed E-state index contributed by atoms with van der Waals surface area (Å²) in [6.07, 6.45) is 11.7. The summed E-state index contributed by atoms with van der Waals surface area (Å²) in [5, 5.41) is 14.5. The van der Waals surface area contributed by atoms with Crippen molar-refractivity contribution < 1.29 is 9.59 Å². The van der Waals surface area contributed by atoms with Gasteiger partial charge < -0.3 is 21.7 Å². The van der Waals surface area contributed by atoms with Crippen molar-refractivity contribution in [1.82, 2.24) is 25.9 Å². The van der Waals surface area contributed by atoms with Crippen LogP contribution in [0, 0.1) is 12.3 Å². The lowest BCUT2D eigenvalue weighted by Gasteiger charge is -2.05. The van der Waals surface area contributed by atoms with Gasteiger partial charge in [0.05, 0.1) is 5.01 Å². The van der Waals surface area contributed by atoms with Crippen molar-refractivity contribution in [3.05, 3.63) is 21.5 Å². The summed E-state index contributed by atoms with van der Waals surface area (Å²) < 4.78 is 0. The molecular formula is C23H34N6O2S2. The zero-order valence-electron chi connectivity index (χ0n) is 19.0. The quantitative estimate of drug-likeness (QED) is 0.200. The highest BCUT2D eigenvalue weighted by atomic mass is 32.1. The molecule has 0 aromatic carbocycles. The molecule has 0 radical (unpaired) electrons. The van der Waals surface area contributed by atoms with E-state index in [-0.39, 0.29) is 11.8 Å². The van der Waals surface area contributed by atoms with E-state index in [1.165, 1.54) is 22.7 Å². The van der Waals surface area contributed by atoms with Crippen LogP contribution in [0.25, 0.3) is 10.7 Å². The number of amides is 2. The van der Waals surface area contributed by atoms with Gasteiger partial charge in [0.1, 0.15) is 16.4 Å². The first-order valence-corrected chi connectivity index (χ1v) is 13.2. The van der Waals surface area contributed by atoms with E-state index in [1.807, 2.05) is 5.38 Å². The minimum absolute atomic E-state index is 0.0433. The molecule has 2 aromatic rings. The highest BCUT2D eigenvalue weighted by molar-refractivity contribution is 7.14. The maximum atomic E-state index is 12.3. The number of aromatic nitrogens is 2. The van der Waals surface area contributed by atoms with E-state index in [9.17, 15) is 9.59 Å². The molecule has 2 aromatic heterocycles. The second-order valence-corrected chi connectivity index (χ2v) is 9.33. The van der Waals surface area contributed by atoms with Crippen LogP contribution in [0.4, 0.5) is 0 Å². The third-order valence-corrected chi connectivity index (χ3v) is 6.54. The Morgan fingerprint density at radius 2 is 1.82 bits per heavy atom. The average Bonchev–Trinajstić information content (AvgIpc) is 3.48. The minimum Gasteiger partial charge on any atom is -0.356 e. The molecule has 0 atom stereocenters. The van der Waals surface area contributed by atoms with Gasteiger partial charge in [-0.25, -0.2) is 9.97 Å². The van der Waals surface area contributed by atoms with Crippen LogP contribution in [0.1, 0.15) is 60.4 Å². The van der Waals surface area contributed by atoms with Gasteiger partial charge in [-0.15, -0.1) is 35.0 Å². The fourth-order valence-corrected chi connectivity index (χ4v) is 4.57. The maximum absolute atomic E-state index is 12.3. The van der Waals surface area contributed by atoms with Crippen molar-refractivity contribution in [3.63, 3.8) is 0 Å². The van der Waals surface area contributed by atoms with E-state index < -0.39 is 0 Å². The molecule has 0 bridgehead atoms. The lowest BCUT2D eigenvalue weighted by molar-refractivity contribution is -0.121. The normalized spacial score (nSPS) is 10.7. The lowest BCUT2D eigenvalue weighted by atomic mass is 10.2. The fraction of sp³-hybridized carbons (Fsp3) is 0.565. The van der Waals surface area contributed by atoms with Gasteiger partial charge in [-0.05, 0) is 51.7 Å². The predicted octanol–water partition coefficient (Wildman–Crippen LogP) is 2.57. The number of nitrogens with two attached hydrogens (primary N) is 1. The van der Waals surface area contributed by atoms with E-state index in [2.05, 4.69) is 31.8 Å². The van der Waals surface area contributed by atoms with Crippen molar-refractivity contribution in [2.24, 2.45) is 5.73 Å². The Hall–Kier alpha value is -2.32. The van der Waals surface area contributed by atoms with Crippen molar-refractivity contribution >= 4 is 34.5 Å². The molecule has 180 valence electrons. The van der Waals surface area contributed by atoms with Gasteiger partial charge >= 0.3 is 0 Å². The topological polar surface area (TPSA) is 122 Å². The molecule has 5 N–H and O–H groups in total. The molecule has 33 heavy (non-hydrogen) atoms. The van der Waals surface area contributed by atoms with Gasteiger partial charge in [0.25, 0.3) is 5.91 Å². The van der Waals surface area contributed by atoms with E-state index in [4.69, 9.17) is 12.2 Å². The van der Waals surface area contributed by atoms with E-state index in [1.54, 1.807) is 5.38 Å². The van der Waals surface area contributed by atoms with E-state index >= 15 is 0 Å². The summed E-state index contributed by atoms with van der Waals surface area (Å²) in [7, 11) is 0. The molecule has 0 aliphatic rings. The minimum atomic E-state index is -0.166. The Bertz CT molecular complexity index is 890. The first-order valence-electron chi connectivity index (χ1n) is 11.4. The Morgan fingerprint density at radius 1 is 0.970 bits per heavy atom. The van der Waals surface area contributed by atoms with Crippen LogP contribution < -0.4 is 21.7 Å². The van der Waals surface area contributed by atoms with Crippen LogP contribution in [-0.4, -0.2) is 54.5 Å². The predicted molar refractivity (Wildman–Crippen MR) is 135 cm³/mol. The molecule has 0 unspecified atom stereocenters. The molecule has 0 aliphatic carbocycles. The molecule has 2 amide bonds. The second kappa shape index (κ2) is 16.3. The fourth-order valence-electron chi connectivity index (χ4n) is 2.95. The van der Waals surface area contributed by atoms with Crippen molar-refractivity contribution in [2.75, 3.05) is 32.7 Å². The molecule has 0 aliphatic heterocycles. The number of hydrogen-bond acceptors (Lipinski definition) is 8. The molecular weight excluding hydrogens is 456 g/mol. The zero-order valence-corrected chi connectivity index (χ0v) is 20.7. The number of thiazole rings is 2. The van der Waals surface area contributed by atoms with Gasteiger partial charge in [0.2, 0.25) is 5.91 Å². The molecule has 10 heteroatoms. The Kier molecular flexibility index (Phi) is 13.3. The third-order valence-electron chi connectivity index (χ3n) is 4.77. The Balaban J connectivity index is 1.67. The van der Waals surface area contributed by atoms with Crippen LogP contribution in [-0.2, 0) is 11.2 Å². The second-order valence-electron chi connectivity index (χ2n) is 7.53. The van der Waals surface area contributed by atoms with Gasteiger partial charge in [0, 0.05) is 43.1 Å². The van der Waals surface area contributed by atoms with Crippen LogP contribution >= 0.6 is 22.7 Å². The lowest BCUT2D eigenvalue weighted by Crippen LogP contribution is -2.28. The van der Waals surface area contributed by atoms with Gasteiger partial charge in [0.15, 0.2) is 0 Å². The highest BCUT2D eigenvalue weighted by Gasteiger charge is 2.14. The van der Waals surface area contributed by atoms with Gasteiger partial charge in [-0.2, -0.15) is 0 Å². The van der Waals surface area contributed by atoms with Crippen molar-refractivity contribution in [3.8, 4) is 23.0 Å². The number of carbonyl (C=O) groups is 2. The van der Waals surface area contributed by atoms with E-state index in [0.29, 0.717) is 38.0 Å². The largest absolute Gasteiger partial charge is 0.356 e. The summed E-state index contributed by atoms with van der Waals surface area (Å²) in [6.45, 7) is 3.69.